The standard InChI is InChI=1S/C14H21NO2S/c1-11-3-7-18-13(11)9-15-12-2-5-17-14(8-12)4-6-16-10-14/h3,7,12,15H,2,4-6,8-10H2,1H3. The molecule has 1 aromatic heterocycles. The van der Waals surface area contributed by atoms with Gasteiger partial charge in [-0.15, -0.1) is 11.3 Å². The van der Waals surface area contributed by atoms with Gasteiger partial charge < -0.3 is 14.8 Å². The van der Waals surface area contributed by atoms with E-state index in [1.54, 1.807) is 0 Å². The minimum atomic E-state index is 0.0143. The predicted molar refractivity (Wildman–Crippen MR) is 73.0 cm³/mol. The molecule has 2 aliphatic heterocycles. The van der Waals surface area contributed by atoms with Crippen LogP contribution in [0.25, 0.3) is 0 Å². The molecule has 0 amide bonds. The SMILES string of the molecule is Cc1ccsc1CNC1CCOC2(CCOC2)C1. The molecule has 0 aromatic carbocycles. The minimum Gasteiger partial charge on any atom is -0.378 e. The van der Waals surface area contributed by atoms with Crippen molar-refractivity contribution in [2.45, 2.75) is 44.4 Å². The number of hydrogen-bond donors (Lipinski definition) is 1. The van der Waals surface area contributed by atoms with Crippen LogP contribution in [0.1, 0.15) is 29.7 Å². The summed E-state index contributed by atoms with van der Waals surface area (Å²) in [6, 6.07) is 2.76. The van der Waals surface area contributed by atoms with Gasteiger partial charge in [0.05, 0.1) is 12.2 Å². The average Bonchev–Trinajstić information content (AvgIpc) is 2.97. The Morgan fingerprint density at radius 1 is 1.50 bits per heavy atom. The predicted octanol–water partition coefficient (Wildman–Crippen LogP) is 2.48. The minimum absolute atomic E-state index is 0.0143. The molecule has 0 saturated carbocycles. The highest BCUT2D eigenvalue weighted by Gasteiger charge is 2.40. The lowest BCUT2D eigenvalue weighted by molar-refractivity contribution is -0.0894. The van der Waals surface area contributed by atoms with E-state index in [-0.39, 0.29) is 5.60 Å². The third-order valence-electron chi connectivity index (χ3n) is 4.08. The van der Waals surface area contributed by atoms with E-state index in [2.05, 4.69) is 23.7 Å². The molecule has 2 unspecified atom stereocenters. The fourth-order valence-electron chi connectivity index (χ4n) is 2.89. The molecule has 0 aliphatic carbocycles. The van der Waals surface area contributed by atoms with Crippen LogP contribution in [0.2, 0.25) is 0 Å². The van der Waals surface area contributed by atoms with Gasteiger partial charge in [0.15, 0.2) is 0 Å². The maximum atomic E-state index is 5.96. The smallest absolute Gasteiger partial charge is 0.0951 e. The monoisotopic (exact) mass is 267 g/mol. The number of ether oxygens (including phenoxy) is 2. The lowest BCUT2D eigenvalue weighted by Gasteiger charge is -2.37. The van der Waals surface area contributed by atoms with Crippen molar-refractivity contribution in [3.05, 3.63) is 21.9 Å². The van der Waals surface area contributed by atoms with Crippen molar-refractivity contribution in [2.24, 2.45) is 0 Å². The third kappa shape index (κ3) is 2.62. The first-order chi connectivity index (χ1) is 8.77. The average molecular weight is 267 g/mol. The Kier molecular flexibility index (Phi) is 3.71. The molecule has 100 valence electrons. The zero-order valence-corrected chi connectivity index (χ0v) is 11.7. The van der Waals surface area contributed by atoms with Crippen LogP contribution < -0.4 is 5.32 Å². The lowest BCUT2D eigenvalue weighted by Crippen LogP contribution is -2.47. The fraction of sp³-hybridized carbons (Fsp3) is 0.714. The molecule has 1 spiro atoms. The molecule has 3 rings (SSSR count). The second-order valence-electron chi connectivity index (χ2n) is 5.43. The Balaban J connectivity index is 1.55. The zero-order valence-electron chi connectivity index (χ0n) is 10.9. The van der Waals surface area contributed by atoms with E-state index in [1.165, 1.54) is 10.4 Å². The molecule has 18 heavy (non-hydrogen) atoms. The third-order valence-corrected chi connectivity index (χ3v) is 5.10. The highest BCUT2D eigenvalue weighted by atomic mass is 32.1. The van der Waals surface area contributed by atoms with E-state index < -0.39 is 0 Å². The van der Waals surface area contributed by atoms with Gasteiger partial charge in [-0.05, 0) is 36.8 Å². The van der Waals surface area contributed by atoms with Gasteiger partial charge in [-0.25, -0.2) is 0 Å². The number of hydrogen-bond acceptors (Lipinski definition) is 4. The molecule has 1 N–H and O–H groups in total. The summed E-state index contributed by atoms with van der Waals surface area (Å²) in [6.07, 6.45) is 3.27. The number of aryl methyl sites for hydroxylation is 1. The molecule has 3 heterocycles. The van der Waals surface area contributed by atoms with Gasteiger partial charge in [0, 0.05) is 37.1 Å². The Bertz CT molecular complexity index is 398. The lowest BCUT2D eigenvalue weighted by atomic mass is 9.89. The molecule has 2 saturated heterocycles. The zero-order chi connectivity index (χ0) is 12.4. The Morgan fingerprint density at radius 2 is 2.44 bits per heavy atom. The van der Waals surface area contributed by atoms with Crippen LogP contribution in [0.4, 0.5) is 0 Å². The van der Waals surface area contributed by atoms with Gasteiger partial charge in [-0.1, -0.05) is 0 Å². The Hall–Kier alpha value is -0.420. The summed E-state index contributed by atoms with van der Waals surface area (Å²) in [5, 5.41) is 5.86. The van der Waals surface area contributed by atoms with Crippen molar-refractivity contribution >= 4 is 11.3 Å². The second-order valence-corrected chi connectivity index (χ2v) is 6.43. The normalized spacial score (nSPS) is 32.2. The summed E-state index contributed by atoms with van der Waals surface area (Å²) in [5.74, 6) is 0. The second kappa shape index (κ2) is 5.29. The van der Waals surface area contributed by atoms with Crippen LogP contribution in [-0.4, -0.2) is 31.5 Å². The first kappa shape index (κ1) is 12.6. The molecular weight excluding hydrogens is 246 g/mol. The molecule has 1 aromatic rings. The molecule has 2 aliphatic rings. The van der Waals surface area contributed by atoms with Crippen LogP contribution in [0.5, 0.6) is 0 Å². The van der Waals surface area contributed by atoms with Gasteiger partial charge >= 0.3 is 0 Å². The van der Waals surface area contributed by atoms with Crippen LogP contribution in [0.3, 0.4) is 0 Å². The summed E-state index contributed by atoms with van der Waals surface area (Å²) < 4.78 is 11.5. The van der Waals surface area contributed by atoms with Crippen LogP contribution in [-0.2, 0) is 16.0 Å². The van der Waals surface area contributed by atoms with Crippen molar-refractivity contribution in [3.63, 3.8) is 0 Å². The molecule has 3 nitrogen and oxygen atoms in total. The van der Waals surface area contributed by atoms with Crippen molar-refractivity contribution in [1.82, 2.24) is 5.32 Å². The van der Waals surface area contributed by atoms with Crippen molar-refractivity contribution < 1.29 is 9.47 Å². The van der Waals surface area contributed by atoms with Crippen LogP contribution >= 0.6 is 11.3 Å². The summed E-state index contributed by atoms with van der Waals surface area (Å²) in [4.78, 5) is 1.46. The first-order valence-electron chi connectivity index (χ1n) is 6.75. The van der Waals surface area contributed by atoms with Crippen molar-refractivity contribution in [1.29, 1.82) is 0 Å². The number of rotatable bonds is 3. The first-order valence-corrected chi connectivity index (χ1v) is 7.63. The molecule has 0 bridgehead atoms. The van der Waals surface area contributed by atoms with Crippen molar-refractivity contribution in [3.8, 4) is 0 Å². The van der Waals surface area contributed by atoms with Crippen LogP contribution in [0, 0.1) is 6.92 Å². The van der Waals surface area contributed by atoms with Gasteiger partial charge in [-0.2, -0.15) is 0 Å². The van der Waals surface area contributed by atoms with Gasteiger partial charge in [0.2, 0.25) is 0 Å². The maximum absolute atomic E-state index is 5.96. The molecule has 2 atom stereocenters. The fourth-order valence-corrected chi connectivity index (χ4v) is 3.74. The maximum Gasteiger partial charge on any atom is 0.0951 e. The highest BCUT2D eigenvalue weighted by Crippen LogP contribution is 2.33. The van der Waals surface area contributed by atoms with E-state index in [4.69, 9.17) is 9.47 Å². The number of thiophene rings is 1. The summed E-state index contributed by atoms with van der Waals surface area (Å²) >= 11 is 1.84. The molecule has 0 radical (unpaired) electrons. The van der Waals surface area contributed by atoms with Gasteiger partial charge in [0.25, 0.3) is 0 Å². The highest BCUT2D eigenvalue weighted by molar-refractivity contribution is 7.10. The Labute approximate surface area is 112 Å². The van der Waals surface area contributed by atoms with Crippen molar-refractivity contribution in [2.75, 3.05) is 19.8 Å². The Morgan fingerprint density at radius 3 is 3.17 bits per heavy atom. The van der Waals surface area contributed by atoms with E-state index in [9.17, 15) is 0 Å². The topological polar surface area (TPSA) is 30.5 Å². The summed E-state index contributed by atoms with van der Waals surface area (Å²) in [5.41, 5.74) is 1.42. The van der Waals surface area contributed by atoms with E-state index >= 15 is 0 Å². The number of nitrogens with one attached hydrogen (secondary N) is 1. The van der Waals surface area contributed by atoms with Gasteiger partial charge in [0.1, 0.15) is 0 Å². The van der Waals surface area contributed by atoms with E-state index in [0.717, 1.165) is 45.6 Å². The molecule has 4 heteroatoms. The van der Waals surface area contributed by atoms with E-state index in [1.807, 2.05) is 11.3 Å². The van der Waals surface area contributed by atoms with Gasteiger partial charge in [-0.3, -0.25) is 0 Å². The largest absolute Gasteiger partial charge is 0.378 e. The molecule has 2 fully saturated rings. The quantitative estimate of drug-likeness (QED) is 0.912. The van der Waals surface area contributed by atoms with E-state index in [0.29, 0.717) is 6.04 Å². The van der Waals surface area contributed by atoms with Crippen LogP contribution in [0.15, 0.2) is 11.4 Å². The summed E-state index contributed by atoms with van der Waals surface area (Å²) in [6.45, 7) is 5.68. The molecular formula is C14H21NO2S. The summed E-state index contributed by atoms with van der Waals surface area (Å²) in [7, 11) is 0.